The Balaban J connectivity index is 2.04. The van der Waals surface area contributed by atoms with Gasteiger partial charge in [0.15, 0.2) is 0 Å². The van der Waals surface area contributed by atoms with E-state index in [2.05, 4.69) is 17.4 Å². The van der Waals surface area contributed by atoms with E-state index in [0.29, 0.717) is 5.75 Å². The molecule has 0 aliphatic carbocycles. The standard InChI is InChI=1S/C15H17NOS/c1-16-14(13-9-5-6-10-15(13)17)11-18-12-7-3-2-4-8-12/h2-10,14,16-17H,11H2,1H3/t14-/m1/s1. The van der Waals surface area contributed by atoms with E-state index < -0.39 is 0 Å². The van der Waals surface area contributed by atoms with Crippen LogP contribution in [-0.4, -0.2) is 17.9 Å². The summed E-state index contributed by atoms with van der Waals surface area (Å²) in [6.07, 6.45) is 0. The van der Waals surface area contributed by atoms with Crippen LogP contribution in [-0.2, 0) is 0 Å². The van der Waals surface area contributed by atoms with Crippen molar-refractivity contribution in [2.45, 2.75) is 10.9 Å². The Morgan fingerprint density at radius 1 is 1.06 bits per heavy atom. The molecule has 0 radical (unpaired) electrons. The van der Waals surface area contributed by atoms with Gasteiger partial charge in [-0.3, -0.25) is 0 Å². The van der Waals surface area contributed by atoms with Crippen LogP contribution in [0.15, 0.2) is 59.5 Å². The van der Waals surface area contributed by atoms with E-state index in [1.807, 2.05) is 43.4 Å². The molecule has 0 unspecified atom stereocenters. The summed E-state index contributed by atoms with van der Waals surface area (Å²) in [5.41, 5.74) is 0.948. The van der Waals surface area contributed by atoms with Crippen LogP contribution in [0.4, 0.5) is 0 Å². The van der Waals surface area contributed by atoms with E-state index in [1.54, 1.807) is 17.8 Å². The summed E-state index contributed by atoms with van der Waals surface area (Å²) >= 11 is 1.78. The second-order valence-corrected chi connectivity index (χ2v) is 5.12. The Morgan fingerprint density at radius 3 is 2.39 bits per heavy atom. The third kappa shape index (κ3) is 3.28. The van der Waals surface area contributed by atoms with Crippen molar-refractivity contribution in [3.63, 3.8) is 0 Å². The van der Waals surface area contributed by atoms with Crippen LogP contribution in [0.1, 0.15) is 11.6 Å². The van der Waals surface area contributed by atoms with E-state index in [-0.39, 0.29) is 6.04 Å². The van der Waals surface area contributed by atoms with E-state index in [4.69, 9.17) is 0 Å². The van der Waals surface area contributed by atoms with Gasteiger partial charge in [0.05, 0.1) is 0 Å². The Kier molecular flexibility index (Phi) is 4.67. The Labute approximate surface area is 112 Å². The molecule has 0 aliphatic heterocycles. The largest absolute Gasteiger partial charge is 0.508 e. The minimum Gasteiger partial charge on any atom is -0.508 e. The molecule has 0 heterocycles. The highest BCUT2D eigenvalue weighted by Gasteiger charge is 2.13. The number of hydrogen-bond donors (Lipinski definition) is 2. The zero-order valence-corrected chi connectivity index (χ0v) is 11.2. The fraction of sp³-hybridized carbons (Fsp3) is 0.200. The van der Waals surface area contributed by atoms with E-state index in [1.165, 1.54) is 4.90 Å². The first kappa shape index (κ1) is 13.0. The van der Waals surface area contributed by atoms with E-state index in [0.717, 1.165) is 11.3 Å². The second-order valence-electron chi connectivity index (χ2n) is 4.02. The number of nitrogens with one attached hydrogen (secondary N) is 1. The summed E-state index contributed by atoms with van der Waals surface area (Å²) in [6.45, 7) is 0. The molecule has 0 aromatic heterocycles. The highest BCUT2D eigenvalue weighted by molar-refractivity contribution is 7.99. The lowest BCUT2D eigenvalue weighted by Crippen LogP contribution is -2.18. The molecule has 0 saturated heterocycles. The van der Waals surface area contributed by atoms with Crippen molar-refractivity contribution in [1.82, 2.24) is 5.32 Å². The lowest BCUT2D eigenvalue weighted by Gasteiger charge is -2.17. The molecule has 1 atom stereocenters. The summed E-state index contributed by atoms with van der Waals surface area (Å²) in [6, 6.07) is 17.9. The number of aromatic hydroxyl groups is 1. The van der Waals surface area contributed by atoms with Crippen molar-refractivity contribution >= 4 is 11.8 Å². The molecule has 2 aromatic rings. The number of phenols is 1. The molecule has 0 spiro atoms. The molecular weight excluding hydrogens is 242 g/mol. The van der Waals surface area contributed by atoms with Gasteiger partial charge >= 0.3 is 0 Å². The highest BCUT2D eigenvalue weighted by Crippen LogP contribution is 2.28. The minimum atomic E-state index is 0.149. The maximum atomic E-state index is 9.86. The molecule has 0 saturated carbocycles. The Bertz CT molecular complexity index is 487. The second kappa shape index (κ2) is 6.47. The number of phenolic OH excluding ortho intramolecular Hbond substituents is 1. The third-order valence-corrected chi connectivity index (χ3v) is 3.93. The molecule has 2 rings (SSSR count). The van der Waals surface area contributed by atoms with E-state index in [9.17, 15) is 5.11 Å². The van der Waals surface area contributed by atoms with Crippen molar-refractivity contribution in [1.29, 1.82) is 0 Å². The van der Waals surface area contributed by atoms with Gasteiger partial charge in [0.25, 0.3) is 0 Å². The molecule has 0 amide bonds. The number of hydrogen-bond acceptors (Lipinski definition) is 3. The third-order valence-electron chi connectivity index (χ3n) is 2.82. The molecule has 3 heteroatoms. The molecule has 94 valence electrons. The van der Waals surface area contributed by atoms with Gasteiger partial charge in [0.2, 0.25) is 0 Å². The zero-order chi connectivity index (χ0) is 12.8. The van der Waals surface area contributed by atoms with Gasteiger partial charge in [-0.05, 0) is 25.2 Å². The van der Waals surface area contributed by atoms with Crippen molar-refractivity contribution in [2.75, 3.05) is 12.8 Å². The normalized spacial score (nSPS) is 12.3. The molecule has 18 heavy (non-hydrogen) atoms. The molecule has 0 bridgehead atoms. The average Bonchev–Trinajstić information content (AvgIpc) is 2.42. The van der Waals surface area contributed by atoms with Crippen molar-refractivity contribution in [3.8, 4) is 5.75 Å². The highest BCUT2D eigenvalue weighted by atomic mass is 32.2. The average molecular weight is 259 g/mol. The predicted molar refractivity (Wildman–Crippen MR) is 77.1 cm³/mol. The van der Waals surface area contributed by atoms with Crippen LogP contribution in [0.2, 0.25) is 0 Å². The fourth-order valence-corrected chi connectivity index (χ4v) is 2.86. The van der Waals surface area contributed by atoms with Gasteiger partial charge in [-0.2, -0.15) is 0 Å². The first-order chi connectivity index (χ1) is 8.81. The SMILES string of the molecule is CN[C@H](CSc1ccccc1)c1ccccc1O. The first-order valence-corrected chi connectivity index (χ1v) is 6.93. The van der Waals surface area contributed by atoms with Crippen molar-refractivity contribution in [3.05, 3.63) is 60.2 Å². The Hall–Kier alpha value is -1.45. The molecule has 2 nitrogen and oxygen atoms in total. The summed E-state index contributed by atoms with van der Waals surface area (Å²) in [5, 5.41) is 13.1. The first-order valence-electron chi connectivity index (χ1n) is 5.94. The number of benzene rings is 2. The van der Waals surface area contributed by atoms with Gasteiger partial charge in [-0.15, -0.1) is 11.8 Å². The molecule has 0 fully saturated rings. The zero-order valence-electron chi connectivity index (χ0n) is 10.3. The number of para-hydroxylation sites is 1. The quantitative estimate of drug-likeness (QED) is 0.807. The van der Waals surface area contributed by atoms with Crippen molar-refractivity contribution < 1.29 is 5.11 Å². The van der Waals surface area contributed by atoms with Crippen LogP contribution in [0, 0.1) is 0 Å². The molecule has 2 N–H and O–H groups in total. The minimum absolute atomic E-state index is 0.149. The van der Waals surface area contributed by atoms with Gasteiger partial charge in [-0.1, -0.05) is 36.4 Å². The maximum Gasteiger partial charge on any atom is 0.120 e. The van der Waals surface area contributed by atoms with Crippen LogP contribution < -0.4 is 5.32 Å². The van der Waals surface area contributed by atoms with Gasteiger partial charge in [0, 0.05) is 22.3 Å². The predicted octanol–water partition coefficient (Wildman–Crippen LogP) is 3.45. The van der Waals surface area contributed by atoms with Gasteiger partial charge in [-0.25, -0.2) is 0 Å². The lowest BCUT2D eigenvalue weighted by molar-refractivity contribution is 0.458. The van der Waals surface area contributed by atoms with Crippen LogP contribution in [0.3, 0.4) is 0 Å². The summed E-state index contributed by atoms with van der Waals surface area (Å²) in [5.74, 6) is 1.24. The van der Waals surface area contributed by atoms with Crippen LogP contribution in [0.5, 0.6) is 5.75 Å². The fourth-order valence-electron chi connectivity index (χ4n) is 1.81. The summed E-state index contributed by atoms with van der Waals surface area (Å²) in [4.78, 5) is 1.24. The Morgan fingerprint density at radius 2 is 1.72 bits per heavy atom. The molecular formula is C15H17NOS. The maximum absolute atomic E-state index is 9.86. The van der Waals surface area contributed by atoms with Crippen molar-refractivity contribution in [2.24, 2.45) is 0 Å². The van der Waals surface area contributed by atoms with Crippen LogP contribution in [0.25, 0.3) is 0 Å². The van der Waals surface area contributed by atoms with Crippen LogP contribution >= 0.6 is 11.8 Å². The summed E-state index contributed by atoms with van der Waals surface area (Å²) in [7, 11) is 1.92. The van der Waals surface area contributed by atoms with E-state index >= 15 is 0 Å². The number of rotatable bonds is 5. The monoisotopic (exact) mass is 259 g/mol. The number of thioether (sulfide) groups is 1. The lowest BCUT2D eigenvalue weighted by atomic mass is 10.1. The smallest absolute Gasteiger partial charge is 0.120 e. The molecule has 2 aromatic carbocycles. The molecule has 0 aliphatic rings. The summed E-state index contributed by atoms with van der Waals surface area (Å²) < 4.78 is 0. The van der Waals surface area contributed by atoms with Gasteiger partial charge in [0.1, 0.15) is 5.75 Å². The topological polar surface area (TPSA) is 32.3 Å². The van der Waals surface area contributed by atoms with Gasteiger partial charge < -0.3 is 10.4 Å².